The van der Waals surface area contributed by atoms with Gasteiger partial charge in [-0.2, -0.15) is 0 Å². The molecule has 0 atom stereocenters. The normalized spacial score (nSPS) is 12.7. The Balaban J connectivity index is 1.34. The quantitative estimate of drug-likeness (QED) is 0.179. The molecular weight excluding hydrogens is 689 g/mol. The summed E-state index contributed by atoms with van der Waals surface area (Å²) in [6, 6.07) is 49.7. The summed E-state index contributed by atoms with van der Waals surface area (Å²) < 4.78 is 11.0. The maximum absolute atomic E-state index is 12.6. The number of methoxy groups -OCH3 is 2. The summed E-state index contributed by atoms with van der Waals surface area (Å²) in [5, 5.41) is 27.7. The van der Waals surface area contributed by atoms with Crippen molar-refractivity contribution in [3.05, 3.63) is 168 Å². The Morgan fingerprint density at radius 2 is 0.750 bits per heavy atom. The summed E-state index contributed by atoms with van der Waals surface area (Å²) in [4.78, 5) is 0. The third-order valence-electron chi connectivity index (χ3n) is 11.9. The first-order valence-electron chi connectivity index (χ1n) is 19.3. The molecule has 56 heavy (non-hydrogen) atoms. The number of ether oxygens (including phenoxy) is 2. The van der Waals surface area contributed by atoms with Crippen LogP contribution in [0.2, 0.25) is 0 Å². The molecule has 4 heteroatoms. The molecule has 0 aromatic heterocycles. The molecule has 0 amide bonds. The van der Waals surface area contributed by atoms with Crippen molar-refractivity contribution in [2.24, 2.45) is 0 Å². The highest BCUT2D eigenvalue weighted by atomic mass is 16.5. The van der Waals surface area contributed by atoms with E-state index in [0.717, 1.165) is 104 Å². The van der Waals surface area contributed by atoms with Crippen molar-refractivity contribution in [1.29, 1.82) is 0 Å². The number of phenolic OH excluding ortho intramolecular Hbond substituents is 2. The van der Waals surface area contributed by atoms with E-state index in [1.807, 2.05) is 84.9 Å². The molecule has 0 bridgehead atoms. The number of aromatic hydroxyl groups is 2. The summed E-state index contributed by atoms with van der Waals surface area (Å²) in [7, 11) is 3.34. The average molecular weight is 729 g/mol. The van der Waals surface area contributed by atoms with Gasteiger partial charge in [-0.15, -0.1) is 0 Å². The van der Waals surface area contributed by atoms with Crippen LogP contribution in [-0.4, -0.2) is 24.4 Å². The standard InChI is InChI=1S/C52H40O4/c1-55-37-23-17-31(18-24-37)43-29-35-21-27-41-39-15-9-10-16-40(39)42-28-22-36-30-44(32-19-25-38(56-2)26-20-32)52(54)48(34-13-7-4-8-14-34)46(36)50(42)49(41)45(35)47(51(43)53)33-11-5-3-6-12-33/h3-20,23-26,29-30,53-54H,21-22,27-28H2,1-2H3. The molecule has 0 heterocycles. The molecule has 2 N–H and O–H groups in total. The van der Waals surface area contributed by atoms with Crippen LogP contribution in [0.25, 0.3) is 77.5 Å². The zero-order valence-corrected chi connectivity index (χ0v) is 31.4. The van der Waals surface area contributed by atoms with Crippen LogP contribution in [-0.2, 0) is 25.7 Å². The molecule has 8 aromatic rings. The van der Waals surface area contributed by atoms with Gasteiger partial charge in [0.25, 0.3) is 0 Å². The van der Waals surface area contributed by atoms with Gasteiger partial charge in [-0.05, 0) is 140 Å². The van der Waals surface area contributed by atoms with Crippen molar-refractivity contribution in [1.82, 2.24) is 0 Å². The lowest BCUT2D eigenvalue weighted by Crippen LogP contribution is -2.14. The third-order valence-corrected chi connectivity index (χ3v) is 11.9. The summed E-state index contributed by atoms with van der Waals surface area (Å²) in [5.41, 5.74) is 16.5. The summed E-state index contributed by atoms with van der Waals surface area (Å²) in [5.74, 6) is 2.06. The maximum Gasteiger partial charge on any atom is 0.131 e. The van der Waals surface area contributed by atoms with Gasteiger partial charge in [-0.3, -0.25) is 0 Å². The largest absolute Gasteiger partial charge is 0.507 e. The van der Waals surface area contributed by atoms with Gasteiger partial charge in [0.2, 0.25) is 0 Å². The first-order chi connectivity index (χ1) is 27.5. The van der Waals surface area contributed by atoms with E-state index in [2.05, 4.69) is 60.7 Å². The second-order valence-corrected chi connectivity index (χ2v) is 14.8. The molecule has 0 fully saturated rings. The Hall–Kier alpha value is -6.78. The van der Waals surface area contributed by atoms with Gasteiger partial charge in [0.1, 0.15) is 23.0 Å². The summed E-state index contributed by atoms with van der Waals surface area (Å²) in [6.45, 7) is 0. The monoisotopic (exact) mass is 728 g/mol. The molecule has 4 nitrogen and oxygen atoms in total. The fourth-order valence-corrected chi connectivity index (χ4v) is 9.35. The minimum Gasteiger partial charge on any atom is -0.507 e. The molecular formula is C52H40O4. The lowest BCUT2D eigenvalue weighted by atomic mass is 9.69. The Morgan fingerprint density at radius 1 is 0.375 bits per heavy atom. The number of fused-ring (bicyclic) bond motifs is 10. The van der Waals surface area contributed by atoms with Crippen molar-refractivity contribution in [2.75, 3.05) is 14.2 Å². The first-order valence-corrected chi connectivity index (χ1v) is 19.3. The van der Waals surface area contributed by atoms with Crippen molar-refractivity contribution >= 4 is 10.8 Å². The molecule has 0 spiro atoms. The Labute approximate surface area is 326 Å². The number of benzene rings is 8. The van der Waals surface area contributed by atoms with E-state index in [0.29, 0.717) is 0 Å². The highest BCUT2D eigenvalue weighted by Crippen LogP contribution is 2.58. The van der Waals surface area contributed by atoms with E-state index < -0.39 is 0 Å². The van der Waals surface area contributed by atoms with Crippen molar-refractivity contribution < 1.29 is 19.7 Å². The topological polar surface area (TPSA) is 58.9 Å². The molecule has 0 saturated carbocycles. The third kappa shape index (κ3) is 5.28. The number of phenols is 2. The second-order valence-electron chi connectivity index (χ2n) is 14.8. The van der Waals surface area contributed by atoms with Crippen LogP contribution in [0.1, 0.15) is 22.3 Å². The molecule has 10 rings (SSSR count). The SMILES string of the molecule is COc1ccc(-c2cc3c(c(-c4ccccc4)c2O)-c2c4c(c5ccccc5c2CC3)CCc2cc(-c3ccc(OC)cc3)c(O)c(-c3ccccc3)c2-4)cc1. The highest BCUT2D eigenvalue weighted by molar-refractivity contribution is 6.12. The lowest BCUT2D eigenvalue weighted by molar-refractivity contribution is 0.414. The predicted molar refractivity (Wildman–Crippen MR) is 228 cm³/mol. The van der Waals surface area contributed by atoms with Crippen LogP contribution in [0.15, 0.2) is 146 Å². The van der Waals surface area contributed by atoms with Crippen molar-refractivity contribution in [3.63, 3.8) is 0 Å². The van der Waals surface area contributed by atoms with Crippen molar-refractivity contribution in [2.45, 2.75) is 25.7 Å². The van der Waals surface area contributed by atoms with E-state index in [4.69, 9.17) is 9.47 Å². The predicted octanol–water partition coefficient (Wildman–Crippen LogP) is 12.5. The molecule has 272 valence electrons. The first kappa shape index (κ1) is 33.8. The number of aryl methyl sites for hydroxylation is 4. The summed E-state index contributed by atoms with van der Waals surface area (Å²) in [6.07, 6.45) is 3.36. The minimum absolute atomic E-state index is 0.256. The molecule has 2 aliphatic carbocycles. The zero-order valence-electron chi connectivity index (χ0n) is 31.4. The molecule has 0 radical (unpaired) electrons. The Kier molecular flexibility index (Phi) is 8.14. The fraction of sp³-hybridized carbons (Fsp3) is 0.115. The van der Waals surface area contributed by atoms with E-state index in [1.54, 1.807) is 14.2 Å². The summed E-state index contributed by atoms with van der Waals surface area (Å²) >= 11 is 0. The van der Waals surface area contributed by atoms with Gasteiger partial charge in [0.05, 0.1) is 14.2 Å². The van der Waals surface area contributed by atoms with Gasteiger partial charge in [-0.25, -0.2) is 0 Å². The molecule has 0 aliphatic heterocycles. The van der Waals surface area contributed by atoms with Gasteiger partial charge >= 0.3 is 0 Å². The molecule has 8 aromatic carbocycles. The van der Waals surface area contributed by atoms with Gasteiger partial charge in [0, 0.05) is 22.3 Å². The zero-order chi connectivity index (χ0) is 37.9. The molecule has 2 aliphatic rings. The van der Waals surface area contributed by atoms with Crippen LogP contribution in [0, 0.1) is 0 Å². The maximum atomic E-state index is 12.6. The number of hydrogen-bond donors (Lipinski definition) is 2. The number of rotatable bonds is 6. The van der Waals surface area contributed by atoms with Gasteiger partial charge < -0.3 is 19.7 Å². The Bertz CT molecular complexity index is 2610. The number of hydrogen-bond acceptors (Lipinski definition) is 4. The minimum atomic E-state index is 0.256. The smallest absolute Gasteiger partial charge is 0.131 e. The van der Waals surface area contributed by atoms with Crippen LogP contribution in [0.5, 0.6) is 23.0 Å². The van der Waals surface area contributed by atoms with Crippen LogP contribution >= 0.6 is 0 Å². The van der Waals surface area contributed by atoms with Crippen LogP contribution in [0.4, 0.5) is 0 Å². The average Bonchev–Trinajstić information content (AvgIpc) is 3.26. The highest BCUT2D eigenvalue weighted by Gasteiger charge is 2.35. The van der Waals surface area contributed by atoms with Gasteiger partial charge in [-0.1, -0.05) is 109 Å². The van der Waals surface area contributed by atoms with Crippen molar-refractivity contribution in [3.8, 4) is 89.8 Å². The Morgan fingerprint density at radius 3 is 1.12 bits per heavy atom. The van der Waals surface area contributed by atoms with E-state index in [-0.39, 0.29) is 11.5 Å². The van der Waals surface area contributed by atoms with Crippen LogP contribution < -0.4 is 9.47 Å². The van der Waals surface area contributed by atoms with Crippen LogP contribution in [0.3, 0.4) is 0 Å². The van der Waals surface area contributed by atoms with E-state index in [9.17, 15) is 10.2 Å². The van der Waals surface area contributed by atoms with Gasteiger partial charge in [0.15, 0.2) is 0 Å². The lowest BCUT2D eigenvalue weighted by Gasteiger charge is -2.34. The van der Waals surface area contributed by atoms with E-state index >= 15 is 0 Å². The second kappa shape index (κ2) is 13.5. The molecule has 0 saturated heterocycles. The molecule has 0 unspecified atom stereocenters. The van der Waals surface area contributed by atoms with E-state index in [1.165, 1.54) is 33.0 Å². The fourth-order valence-electron chi connectivity index (χ4n) is 9.35.